The third kappa shape index (κ3) is 5.14. The van der Waals surface area contributed by atoms with Crippen molar-refractivity contribution in [3.8, 4) is 5.75 Å². The van der Waals surface area contributed by atoms with Crippen molar-refractivity contribution < 1.29 is 14.3 Å². The van der Waals surface area contributed by atoms with E-state index in [1.807, 2.05) is 31.2 Å². The molecule has 0 bridgehead atoms. The summed E-state index contributed by atoms with van der Waals surface area (Å²) in [6.07, 6.45) is -0.664. The smallest absolute Gasteiger partial charge is 0.265 e. The van der Waals surface area contributed by atoms with Gasteiger partial charge in [0.05, 0.1) is 0 Å². The Hall–Kier alpha value is -2.82. The van der Waals surface area contributed by atoms with Gasteiger partial charge in [0.25, 0.3) is 5.91 Å². The molecule has 0 radical (unpaired) electrons. The first-order valence-electron chi connectivity index (χ1n) is 7.36. The van der Waals surface area contributed by atoms with Crippen molar-refractivity contribution in [3.05, 3.63) is 54.1 Å². The fourth-order valence-corrected chi connectivity index (χ4v) is 2.07. The number of anilines is 2. The van der Waals surface area contributed by atoms with E-state index in [9.17, 15) is 9.59 Å². The molecule has 0 heterocycles. The summed E-state index contributed by atoms with van der Waals surface area (Å²) in [5, 5.41) is 5.49. The van der Waals surface area contributed by atoms with Crippen LogP contribution in [0.4, 0.5) is 11.4 Å². The summed E-state index contributed by atoms with van der Waals surface area (Å²) in [5.41, 5.74) is 2.43. The zero-order valence-corrected chi connectivity index (χ0v) is 13.4. The van der Waals surface area contributed by atoms with Gasteiger partial charge in [0.15, 0.2) is 6.10 Å². The van der Waals surface area contributed by atoms with Crippen molar-refractivity contribution in [2.45, 2.75) is 26.9 Å². The first-order chi connectivity index (χ1) is 10.9. The molecule has 0 aliphatic heterocycles. The van der Waals surface area contributed by atoms with Gasteiger partial charge < -0.3 is 15.4 Å². The number of carbonyl (C=O) groups excluding carboxylic acids is 2. The Morgan fingerprint density at radius 3 is 2.30 bits per heavy atom. The summed E-state index contributed by atoms with van der Waals surface area (Å²) >= 11 is 0. The highest BCUT2D eigenvalue weighted by atomic mass is 16.5. The van der Waals surface area contributed by atoms with Crippen LogP contribution in [0.3, 0.4) is 0 Å². The molecule has 5 nitrogen and oxygen atoms in total. The summed E-state index contributed by atoms with van der Waals surface area (Å²) in [4.78, 5) is 23.3. The molecule has 2 aromatic carbocycles. The number of hydrogen-bond acceptors (Lipinski definition) is 3. The van der Waals surface area contributed by atoms with Crippen LogP contribution >= 0.6 is 0 Å². The lowest BCUT2D eigenvalue weighted by Crippen LogP contribution is -2.30. The highest BCUT2D eigenvalue weighted by Crippen LogP contribution is 2.19. The van der Waals surface area contributed by atoms with E-state index < -0.39 is 6.10 Å². The average Bonchev–Trinajstić information content (AvgIpc) is 2.46. The fourth-order valence-electron chi connectivity index (χ4n) is 2.07. The molecule has 5 heteroatoms. The number of benzene rings is 2. The van der Waals surface area contributed by atoms with E-state index in [1.165, 1.54) is 6.92 Å². The maximum Gasteiger partial charge on any atom is 0.265 e. The molecule has 0 aromatic heterocycles. The van der Waals surface area contributed by atoms with E-state index in [0.29, 0.717) is 11.4 Å². The molecule has 2 aromatic rings. The normalized spacial score (nSPS) is 11.4. The summed E-state index contributed by atoms with van der Waals surface area (Å²) in [6, 6.07) is 14.5. The molecule has 2 rings (SSSR count). The second-order valence-corrected chi connectivity index (χ2v) is 5.33. The summed E-state index contributed by atoms with van der Waals surface area (Å²) < 4.78 is 5.64. The molecule has 1 atom stereocenters. The maximum atomic E-state index is 12.2. The van der Waals surface area contributed by atoms with Gasteiger partial charge in [-0.05, 0) is 43.7 Å². The van der Waals surface area contributed by atoms with Gasteiger partial charge in [0.2, 0.25) is 5.91 Å². The van der Waals surface area contributed by atoms with Gasteiger partial charge >= 0.3 is 0 Å². The van der Waals surface area contributed by atoms with E-state index >= 15 is 0 Å². The Morgan fingerprint density at radius 2 is 1.65 bits per heavy atom. The lowest BCUT2D eigenvalue weighted by Gasteiger charge is -2.15. The fraction of sp³-hybridized carbons (Fsp3) is 0.222. The molecular weight excluding hydrogens is 292 g/mol. The number of ether oxygens (including phenoxy) is 1. The van der Waals surface area contributed by atoms with Gasteiger partial charge in [0, 0.05) is 24.4 Å². The van der Waals surface area contributed by atoms with Gasteiger partial charge in [-0.3, -0.25) is 9.59 Å². The largest absolute Gasteiger partial charge is 0.481 e. The molecular formula is C18H20N2O3. The number of rotatable bonds is 5. The SMILES string of the molecule is CC(=O)Nc1cccc(O[C@@H](C)C(=O)Nc2cccc(C)c2)c1. The van der Waals surface area contributed by atoms with Gasteiger partial charge in [-0.15, -0.1) is 0 Å². The third-order valence-electron chi connectivity index (χ3n) is 3.12. The van der Waals surface area contributed by atoms with Crippen LogP contribution in [0.2, 0.25) is 0 Å². The van der Waals surface area contributed by atoms with E-state index in [-0.39, 0.29) is 11.8 Å². The molecule has 0 saturated carbocycles. The Balaban J connectivity index is 1.99. The highest BCUT2D eigenvalue weighted by molar-refractivity contribution is 5.94. The zero-order chi connectivity index (χ0) is 16.8. The molecule has 2 amide bonds. The van der Waals surface area contributed by atoms with Crippen LogP contribution < -0.4 is 15.4 Å². The topological polar surface area (TPSA) is 67.4 Å². The molecule has 0 spiro atoms. The number of nitrogens with one attached hydrogen (secondary N) is 2. The molecule has 0 aliphatic carbocycles. The predicted octanol–water partition coefficient (Wildman–Crippen LogP) is 3.36. The Morgan fingerprint density at radius 1 is 1.00 bits per heavy atom. The van der Waals surface area contributed by atoms with Gasteiger partial charge in [0.1, 0.15) is 5.75 Å². The molecule has 2 N–H and O–H groups in total. The number of amides is 2. The van der Waals surface area contributed by atoms with E-state index in [2.05, 4.69) is 10.6 Å². The first kappa shape index (κ1) is 16.5. The second-order valence-electron chi connectivity index (χ2n) is 5.33. The average molecular weight is 312 g/mol. The van der Waals surface area contributed by atoms with Crippen molar-refractivity contribution in [1.29, 1.82) is 0 Å². The van der Waals surface area contributed by atoms with Crippen molar-refractivity contribution >= 4 is 23.2 Å². The van der Waals surface area contributed by atoms with Crippen LogP contribution in [0.5, 0.6) is 5.75 Å². The van der Waals surface area contributed by atoms with Crippen molar-refractivity contribution in [3.63, 3.8) is 0 Å². The summed E-state index contributed by atoms with van der Waals surface area (Å²) in [7, 11) is 0. The van der Waals surface area contributed by atoms with Gasteiger partial charge in [-0.2, -0.15) is 0 Å². The third-order valence-corrected chi connectivity index (χ3v) is 3.12. The van der Waals surface area contributed by atoms with Crippen molar-refractivity contribution in [2.75, 3.05) is 10.6 Å². The van der Waals surface area contributed by atoms with Crippen LogP contribution in [0, 0.1) is 6.92 Å². The van der Waals surface area contributed by atoms with Crippen LogP contribution in [-0.4, -0.2) is 17.9 Å². The summed E-state index contributed by atoms with van der Waals surface area (Å²) in [6.45, 7) is 5.07. The Kier molecular flexibility index (Phi) is 5.36. The molecule has 0 saturated heterocycles. The van der Waals surface area contributed by atoms with Crippen LogP contribution in [0.15, 0.2) is 48.5 Å². The first-order valence-corrected chi connectivity index (χ1v) is 7.36. The van der Waals surface area contributed by atoms with Crippen LogP contribution in [0.25, 0.3) is 0 Å². The van der Waals surface area contributed by atoms with Crippen LogP contribution in [-0.2, 0) is 9.59 Å². The standard InChI is InChI=1S/C18H20N2O3/c1-12-6-4-7-15(10-12)20-18(22)13(2)23-17-9-5-8-16(11-17)19-14(3)21/h4-11,13H,1-3H3,(H,19,21)(H,20,22)/t13-/m0/s1. The monoisotopic (exact) mass is 312 g/mol. The lowest BCUT2D eigenvalue weighted by atomic mass is 10.2. The van der Waals surface area contributed by atoms with Crippen molar-refractivity contribution in [2.24, 2.45) is 0 Å². The van der Waals surface area contributed by atoms with E-state index in [1.54, 1.807) is 31.2 Å². The Bertz CT molecular complexity index is 713. The lowest BCUT2D eigenvalue weighted by molar-refractivity contribution is -0.122. The minimum atomic E-state index is -0.664. The van der Waals surface area contributed by atoms with E-state index in [4.69, 9.17) is 4.74 Å². The molecule has 120 valence electrons. The number of hydrogen-bond donors (Lipinski definition) is 2. The predicted molar refractivity (Wildman–Crippen MR) is 90.6 cm³/mol. The number of aryl methyl sites for hydroxylation is 1. The molecule has 0 unspecified atom stereocenters. The van der Waals surface area contributed by atoms with Gasteiger partial charge in [-0.1, -0.05) is 18.2 Å². The molecule has 0 fully saturated rings. The quantitative estimate of drug-likeness (QED) is 0.889. The number of carbonyl (C=O) groups is 2. The molecule has 23 heavy (non-hydrogen) atoms. The zero-order valence-electron chi connectivity index (χ0n) is 13.4. The van der Waals surface area contributed by atoms with Crippen LogP contribution in [0.1, 0.15) is 19.4 Å². The minimum Gasteiger partial charge on any atom is -0.481 e. The Labute approximate surface area is 135 Å². The summed E-state index contributed by atoms with van der Waals surface area (Å²) in [5.74, 6) is 0.121. The molecule has 0 aliphatic rings. The maximum absolute atomic E-state index is 12.2. The second kappa shape index (κ2) is 7.45. The van der Waals surface area contributed by atoms with Crippen molar-refractivity contribution in [1.82, 2.24) is 0 Å². The minimum absolute atomic E-state index is 0.160. The highest BCUT2D eigenvalue weighted by Gasteiger charge is 2.15. The van der Waals surface area contributed by atoms with Gasteiger partial charge in [-0.25, -0.2) is 0 Å². The van der Waals surface area contributed by atoms with E-state index in [0.717, 1.165) is 11.3 Å².